The molecule has 3 fully saturated rings. The summed E-state index contributed by atoms with van der Waals surface area (Å²) in [6.45, 7) is 9.69. The summed E-state index contributed by atoms with van der Waals surface area (Å²) < 4.78 is 0. The van der Waals surface area contributed by atoms with Crippen LogP contribution < -0.4 is 5.32 Å². The van der Waals surface area contributed by atoms with Crippen molar-refractivity contribution >= 4 is 11.8 Å². The zero-order valence-electron chi connectivity index (χ0n) is 13.5. The molecule has 3 aliphatic rings. The quantitative estimate of drug-likeness (QED) is 0.836. The lowest BCUT2D eigenvalue weighted by molar-refractivity contribution is 0.0402. The van der Waals surface area contributed by atoms with E-state index in [0.717, 1.165) is 23.3 Å². The lowest BCUT2D eigenvalue weighted by Gasteiger charge is -2.50. The van der Waals surface area contributed by atoms with Gasteiger partial charge in [-0.25, -0.2) is 0 Å². The Balaban J connectivity index is 1.73. The van der Waals surface area contributed by atoms with Crippen LogP contribution in [0.4, 0.5) is 0 Å². The molecule has 0 aromatic rings. The van der Waals surface area contributed by atoms with E-state index < -0.39 is 0 Å². The minimum absolute atomic E-state index is 0.399. The van der Waals surface area contributed by atoms with E-state index in [0.29, 0.717) is 5.54 Å². The molecule has 4 atom stereocenters. The molecule has 2 aliphatic carbocycles. The molecule has 0 bridgehead atoms. The largest absolute Gasteiger partial charge is 0.308 e. The van der Waals surface area contributed by atoms with E-state index in [1.165, 1.54) is 57.4 Å². The first kappa shape index (κ1) is 15.2. The van der Waals surface area contributed by atoms with E-state index in [2.05, 4.69) is 42.7 Å². The highest BCUT2D eigenvalue weighted by Crippen LogP contribution is 2.43. The third-order valence-corrected chi connectivity index (χ3v) is 7.21. The van der Waals surface area contributed by atoms with Gasteiger partial charge in [-0.3, -0.25) is 4.90 Å². The number of thioether (sulfide) groups is 1. The van der Waals surface area contributed by atoms with Crippen molar-refractivity contribution in [3.8, 4) is 0 Å². The van der Waals surface area contributed by atoms with E-state index in [1.807, 2.05) is 0 Å². The van der Waals surface area contributed by atoms with E-state index in [-0.39, 0.29) is 0 Å². The number of rotatable bonds is 5. The molecule has 3 heteroatoms. The van der Waals surface area contributed by atoms with Crippen LogP contribution in [0.2, 0.25) is 0 Å². The maximum atomic E-state index is 3.91. The first-order valence-electron chi connectivity index (χ1n) is 8.80. The summed E-state index contributed by atoms with van der Waals surface area (Å²) in [5.41, 5.74) is 0.399. The fourth-order valence-electron chi connectivity index (χ4n) is 4.49. The van der Waals surface area contributed by atoms with Gasteiger partial charge in [0.1, 0.15) is 0 Å². The Hall–Kier alpha value is 0.270. The van der Waals surface area contributed by atoms with Crippen LogP contribution >= 0.6 is 11.8 Å². The van der Waals surface area contributed by atoms with Gasteiger partial charge >= 0.3 is 0 Å². The molecule has 1 saturated heterocycles. The Kier molecular flexibility index (Phi) is 4.69. The predicted molar refractivity (Wildman–Crippen MR) is 89.5 cm³/mol. The molecule has 2 saturated carbocycles. The number of nitrogens with one attached hydrogen (secondary N) is 1. The van der Waals surface area contributed by atoms with Crippen molar-refractivity contribution in [1.82, 2.24) is 10.2 Å². The number of hydrogen-bond acceptors (Lipinski definition) is 3. The molecule has 0 aromatic heterocycles. The number of piperazine rings is 1. The molecule has 0 amide bonds. The van der Waals surface area contributed by atoms with Gasteiger partial charge in [-0.2, -0.15) is 11.8 Å². The van der Waals surface area contributed by atoms with Crippen molar-refractivity contribution in [3.63, 3.8) is 0 Å². The van der Waals surface area contributed by atoms with E-state index in [9.17, 15) is 0 Å². The summed E-state index contributed by atoms with van der Waals surface area (Å²) in [5, 5.41) is 4.81. The van der Waals surface area contributed by atoms with Crippen molar-refractivity contribution in [3.05, 3.63) is 0 Å². The van der Waals surface area contributed by atoms with Gasteiger partial charge in [0.25, 0.3) is 0 Å². The maximum Gasteiger partial charge on any atom is 0.0309 e. The van der Waals surface area contributed by atoms with Crippen LogP contribution in [0, 0.1) is 5.92 Å². The Labute approximate surface area is 129 Å². The molecule has 0 radical (unpaired) electrons. The molecule has 0 spiro atoms. The fraction of sp³-hybridized carbons (Fsp3) is 1.00. The number of hydrogen-bond donors (Lipinski definition) is 1. The van der Waals surface area contributed by atoms with E-state index in [4.69, 9.17) is 0 Å². The van der Waals surface area contributed by atoms with Gasteiger partial charge in [0.2, 0.25) is 0 Å². The van der Waals surface area contributed by atoms with Crippen LogP contribution in [-0.2, 0) is 0 Å². The van der Waals surface area contributed by atoms with Crippen LogP contribution in [0.25, 0.3) is 0 Å². The minimum Gasteiger partial charge on any atom is -0.308 e. The maximum absolute atomic E-state index is 3.91. The second kappa shape index (κ2) is 6.18. The van der Waals surface area contributed by atoms with Crippen molar-refractivity contribution in [2.75, 3.05) is 18.8 Å². The second-order valence-electron chi connectivity index (χ2n) is 7.30. The molecule has 0 aromatic carbocycles. The molecule has 4 unspecified atom stereocenters. The summed E-state index contributed by atoms with van der Waals surface area (Å²) in [6.07, 6.45) is 8.53. The highest BCUT2D eigenvalue weighted by molar-refractivity contribution is 7.99. The smallest absolute Gasteiger partial charge is 0.0309 e. The molecule has 1 aliphatic heterocycles. The van der Waals surface area contributed by atoms with Crippen LogP contribution in [-0.4, -0.2) is 46.6 Å². The van der Waals surface area contributed by atoms with Crippen LogP contribution in [0.15, 0.2) is 0 Å². The molecule has 3 rings (SSSR count). The number of nitrogens with zero attached hydrogens (tertiary/aromatic N) is 1. The van der Waals surface area contributed by atoms with Crippen molar-refractivity contribution < 1.29 is 0 Å². The molecular formula is C17H32N2S. The summed E-state index contributed by atoms with van der Waals surface area (Å²) in [6, 6.07) is 1.62. The first-order chi connectivity index (χ1) is 9.68. The van der Waals surface area contributed by atoms with Crippen molar-refractivity contribution in [1.29, 1.82) is 0 Å². The zero-order valence-corrected chi connectivity index (χ0v) is 14.3. The third-order valence-electron chi connectivity index (χ3n) is 5.90. The average molecular weight is 297 g/mol. The SMILES string of the molecule is CCSC1CCCC1N1CC(C)(C2CC2)NCC1CC. The standard InChI is InChI=1S/C17H32N2S/c1-4-14-11-18-17(3,13-9-10-13)12-19(14)15-7-6-8-16(15)20-5-2/h13-16,18H,4-12H2,1-3H3. The molecule has 116 valence electrons. The van der Waals surface area contributed by atoms with Gasteiger partial charge in [0.05, 0.1) is 0 Å². The highest BCUT2D eigenvalue weighted by Gasteiger charge is 2.48. The summed E-state index contributed by atoms with van der Waals surface area (Å²) >= 11 is 2.22. The Bertz CT molecular complexity index is 331. The van der Waals surface area contributed by atoms with E-state index in [1.54, 1.807) is 0 Å². The van der Waals surface area contributed by atoms with Crippen molar-refractivity contribution in [2.24, 2.45) is 5.92 Å². The highest BCUT2D eigenvalue weighted by atomic mass is 32.2. The molecular weight excluding hydrogens is 264 g/mol. The lowest BCUT2D eigenvalue weighted by Crippen LogP contribution is -2.66. The monoisotopic (exact) mass is 296 g/mol. The Morgan fingerprint density at radius 1 is 1.20 bits per heavy atom. The molecule has 1 heterocycles. The average Bonchev–Trinajstić information content (AvgIpc) is 3.21. The zero-order chi connectivity index (χ0) is 14.2. The molecule has 2 nitrogen and oxygen atoms in total. The summed E-state index contributed by atoms with van der Waals surface area (Å²) in [5.74, 6) is 2.23. The third kappa shape index (κ3) is 2.91. The lowest BCUT2D eigenvalue weighted by atomic mass is 9.89. The van der Waals surface area contributed by atoms with Gasteiger partial charge < -0.3 is 5.32 Å². The fourth-order valence-corrected chi connectivity index (χ4v) is 5.76. The van der Waals surface area contributed by atoms with E-state index >= 15 is 0 Å². The van der Waals surface area contributed by atoms with Crippen molar-refractivity contribution in [2.45, 2.75) is 82.2 Å². The Morgan fingerprint density at radius 2 is 2.00 bits per heavy atom. The molecule has 20 heavy (non-hydrogen) atoms. The first-order valence-corrected chi connectivity index (χ1v) is 9.85. The summed E-state index contributed by atoms with van der Waals surface area (Å²) in [4.78, 5) is 2.93. The molecule has 1 N–H and O–H groups in total. The predicted octanol–water partition coefficient (Wildman–Crippen LogP) is 3.51. The van der Waals surface area contributed by atoms with Gasteiger partial charge in [-0.15, -0.1) is 0 Å². The van der Waals surface area contributed by atoms with Gasteiger partial charge in [-0.1, -0.05) is 20.3 Å². The van der Waals surface area contributed by atoms with Gasteiger partial charge in [-0.05, 0) is 50.7 Å². The van der Waals surface area contributed by atoms with Gasteiger partial charge in [0.15, 0.2) is 0 Å². The summed E-state index contributed by atoms with van der Waals surface area (Å²) in [7, 11) is 0. The normalized spacial score (nSPS) is 43.0. The second-order valence-corrected chi connectivity index (χ2v) is 8.82. The minimum atomic E-state index is 0.399. The van der Waals surface area contributed by atoms with Gasteiger partial charge in [0, 0.05) is 36.0 Å². The van der Waals surface area contributed by atoms with Crippen LogP contribution in [0.1, 0.15) is 59.3 Å². The van der Waals surface area contributed by atoms with Crippen LogP contribution in [0.5, 0.6) is 0 Å². The topological polar surface area (TPSA) is 15.3 Å². The van der Waals surface area contributed by atoms with Crippen LogP contribution in [0.3, 0.4) is 0 Å². The Morgan fingerprint density at radius 3 is 2.65 bits per heavy atom.